The van der Waals surface area contributed by atoms with Crippen LogP contribution >= 0.6 is 0 Å². The van der Waals surface area contributed by atoms with Gasteiger partial charge in [0.05, 0.1) is 17.2 Å². The highest BCUT2D eigenvalue weighted by Gasteiger charge is 2.25. The molecule has 1 amide bonds. The van der Waals surface area contributed by atoms with Gasteiger partial charge in [0.25, 0.3) is 0 Å². The smallest absolute Gasteiger partial charge is 0.309 e. The van der Waals surface area contributed by atoms with Crippen LogP contribution in [0, 0.1) is 24.0 Å². The zero-order valence-corrected chi connectivity index (χ0v) is 14.5. The van der Waals surface area contributed by atoms with Crippen molar-refractivity contribution in [2.24, 2.45) is 0 Å². The summed E-state index contributed by atoms with van der Waals surface area (Å²) in [6.45, 7) is 9.84. The van der Waals surface area contributed by atoms with Gasteiger partial charge in [-0.3, -0.25) is 24.3 Å². The van der Waals surface area contributed by atoms with Gasteiger partial charge in [-0.05, 0) is 34.6 Å². The summed E-state index contributed by atoms with van der Waals surface area (Å²) in [5.41, 5.74) is 2.21. The Balaban J connectivity index is 2.14. The second-order valence-corrected chi connectivity index (χ2v) is 5.72. The van der Waals surface area contributed by atoms with Crippen LogP contribution in [-0.2, 0) is 11.3 Å². The third-order valence-corrected chi connectivity index (χ3v) is 4.23. The van der Waals surface area contributed by atoms with Crippen molar-refractivity contribution in [3.05, 3.63) is 39.5 Å². The van der Waals surface area contributed by atoms with Crippen LogP contribution in [0.1, 0.15) is 49.8 Å². The molecule has 9 heteroatoms. The molecule has 0 aliphatic carbocycles. The van der Waals surface area contributed by atoms with E-state index in [4.69, 9.17) is 0 Å². The SMILES string of the molecule is CCn1ncc(C(C)NC(=O)C(C)n2ncc([N+](=O)[O-])c2C)c1C. The molecule has 2 aromatic heterocycles. The molecule has 0 radical (unpaired) electrons. The Kier molecular flexibility index (Phi) is 5.01. The summed E-state index contributed by atoms with van der Waals surface area (Å²) in [7, 11) is 0. The van der Waals surface area contributed by atoms with Crippen molar-refractivity contribution in [3.8, 4) is 0 Å². The average Bonchev–Trinajstić information content (AvgIpc) is 3.09. The van der Waals surface area contributed by atoms with Crippen molar-refractivity contribution in [2.45, 2.75) is 53.2 Å². The fraction of sp³-hybridized carbons (Fsp3) is 0.533. The van der Waals surface area contributed by atoms with Crippen LogP contribution in [0.25, 0.3) is 0 Å². The van der Waals surface area contributed by atoms with Gasteiger partial charge in [0.2, 0.25) is 5.91 Å². The lowest BCUT2D eigenvalue weighted by atomic mass is 10.1. The zero-order chi connectivity index (χ0) is 18.0. The van der Waals surface area contributed by atoms with Gasteiger partial charge in [0.15, 0.2) is 0 Å². The number of nitro groups is 1. The van der Waals surface area contributed by atoms with E-state index in [2.05, 4.69) is 15.5 Å². The Morgan fingerprint density at radius 2 is 1.96 bits per heavy atom. The van der Waals surface area contributed by atoms with Gasteiger partial charge < -0.3 is 5.32 Å². The number of carbonyl (C=O) groups excluding carboxylic acids is 1. The van der Waals surface area contributed by atoms with E-state index in [1.807, 2.05) is 25.5 Å². The van der Waals surface area contributed by atoms with Gasteiger partial charge in [-0.15, -0.1) is 0 Å². The number of nitrogens with one attached hydrogen (secondary N) is 1. The molecule has 2 heterocycles. The lowest BCUT2D eigenvalue weighted by Crippen LogP contribution is -2.34. The van der Waals surface area contributed by atoms with Gasteiger partial charge in [0.1, 0.15) is 17.9 Å². The second kappa shape index (κ2) is 6.81. The van der Waals surface area contributed by atoms with Crippen molar-refractivity contribution >= 4 is 11.6 Å². The predicted octanol–water partition coefficient (Wildman–Crippen LogP) is 2.06. The molecule has 0 aliphatic heterocycles. The molecule has 0 aliphatic rings. The number of amides is 1. The number of rotatable bonds is 6. The van der Waals surface area contributed by atoms with E-state index in [0.717, 1.165) is 24.0 Å². The minimum absolute atomic E-state index is 0.0947. The van der Waals surface area contributed by atoms with E-state index in [-0.39, 0.29) is 17.6 Å². The Bertz CT molecular complexity index is 763. The minimum Gasteiger partial charge on any atom is -0.348 e. The minimum atomic E-state index is -0.650. The van der Waals surface area contributed by atoms with Crippen LogP contribution in [0.3, 0.4) is 0 Å². The van der Waals surface area contributed by atoms with Crippen molar-refractivity contribution in [3.63, 3.8) is 0 Å². The maximum absolute atomic E-state index is 12.5. The Morgan fingerprint density at radius 3 is 2.46 bits per heavy atom. The molecular formula is C15H22N6O3. The topological polar surface area (TPSA) is 108 Å². The first kappa shape index (κ1) is 17.6. The molecule has 2 atom stereocenters. The third-order valence-electron chi connectivity index (χ3n) is 4.23. The largest absolute Gasteiger partial charge is 0.348 e. The fourth-order valence-electron chi connectivity index (χ4n) is 2.71. The van der Waals surface area contributed by atoms with Gasteiger partial charge in [-0.1, -0.05) is 0 Å². The normalized spacial score (nSPS) is 13.5. The van der Waals surface area contributed by atoms with E-state index < -0.39 is 11.0 Å². The first-order valence-corrected chi connectivity index (χ1v) is 7.79. The van der Waals surface area contributed by atoms with Crippen LogP contribution in [0.4, 0.5) is 5.69 Å². The number of aryl methyl sites for hydroxylation is 1. The number of aromatic nitrogens is 4. The van der Waals surface area contributed by atoms with Crippen LogP contribution < -0.4 is 5.32 Å². The summed E-state index contributed by atoms with van der Waals surface area (Å²) in [6.07, 6.45) is 2.91. The van der Waals surface area contributed by atoms with Crippen LogP contribution in [0.5, 0.6) is 0 Å². The molecule has 2 rings (SSSR count). The number of hydrogen-bond acceptors (Lipinski definition) is 5. The highest BCUT2D eigenvalue weighted by Crippen LogP contribution is 2.22. The summed E-state index contributed by atoms with van der Waals surface area (Å²) < 4.78 is 3.23. The third kappa shape index (κ3) is 3.15. The molecule has 1 N–H and O–H groups in total. The van der Waals surface area contributed by atoms with Crippen LogP contribution in [-0.4, -0.2) is 30.4 Å². The summed E-state index contributed by atoms with van der Waals surface area (Å²) in [5.74, 6) is -0.257. The second-order valence-electron chi connectivity index (χ2n) is 5.72. The van der Waals surface area contributed by atoms with Crippen LogP contribution in [0.15, 0.2) is 12.4 Å². The van der Waals surface area contributed by atoms with Crippen molar-refractivity contribution in [2.75, 3.05) is 0 Å². The highest BCUT2D eigenvalue weighted by atomic mass is 16.6. The van der Waals surface area contributed by atoms with Crippen LogP contribution in [0.2, 0.25) is 0 Å². The molecule has 2 unspecified atom stereocenters. The predicted molar refractivity (Wildman–Crippen MR) is 87.5 cm³/mol. The number of hydrogen-bond donors (Lipinski definition) is 1. The Labute approximate surface area is 139 Å². The van der Waals surface area contributed by atoms with E-state index in [9.17, 15) is 14.9 Å². The van der Waals surface area contributed by atoms with E-state index in [1.165, 1.54) is 4.68 Å². The fourth-order valence-corrected chi connectivity index (χ4v) is 2.71. The quantitative estimate of drug-likeness (QED) is 0.642. The summed E-state index contributed by atoms with van der Waals surface area (Å²) in [5, 5.41) is 22.1. The van der Waals surface area contributed by atoms with E-state index >= 15 is 0 Å². The van der Waals surface area contributed by atoms with E-state index in [0.29, 0.717) is 5.69 Å². The summed E-state index contributed by atoms with van der Waals surface area (Å²) in [4.78, 5) is 22.9. The molecule has 0 fully saturated rings. The van der Waals surface area contributed by atoms with Crippen molar-refractivity contribution in [1.82, 2.24) is 24.9 Å². The molecule has 0 spiro atoms. The standard InChI is InChI=1S/C15H22N6O3/c1-6-19-10(3)13(7-16-19)9(2)18-15(22)12(5)20-11(4)14(8-17-20)21(23)24/h7-9,12H,6H2,1-5H3,(H,18,22). The van der Waals surface area contributed by atoms with Gasteiger partial charge in [-0.25, -0.2) is 0 Å². The van der Waals surface area contributed by atoms with Crippen molar-refractivity contribution in [1.29, 1.82) is 0 Å². The van der Waals surface area contributed by atoms with Gasteiger partial charge in [0, 0.05) is 17.8 Å². The van der Waals surface area contributed by atoms with E-state index in [1.54, 1.807) is 20.0 Å². The molecule has 0 bridgehead atoms. The molecule has 2 aromatic rings. The maximum Gasteiger partial charge on any atom is 0.309 e. The Hall–Kier alpha value is -2.71. The first-order chi connectivity index (χ1) is 11.3. The first-order valence-electron chi connectivity index (χ1n) is 7.79. The number of nitrogens with zero attached hydrogens (tertiary/aromatic N) is 5. The lowest BCUT2D eigenvalue weighted by Gasteiger charge is -2.18. The van der Waals surface area contributed by atoms with Gasteiger partial charge >= 0.3 is 5.69 Å². The molecule has 0 saturated heterocycles. The monoisotopic (exact) mass is 334 g/mol. The molecule has 130 valence electrons. The molecule has 0 aromatic carbocycles. The maximum atomic E-state index is 12.5. The number of carbonyl (C=O) groups is 1. The van der Waals surface area contributed by atoms with Crippen molar-refractivity contribution < 1.29 is 9.72 Å². The van der Waals surface area contributed by atoms with Gasteiger partial charge in [-0.2, -0.15) is 10.2 Å². The zero-order valence-electron chi connectivity index (χ0n) is 14.5. The summed E-state index contributed by atoms with van der Waals surface area (Å²) in [6, 6.07) is -0.867. The summed E-state index contributed by atoms with van der Waals surface area (Å²) >= 11 is 0. The lowest BCUT2D eigenvalue weighted by molar-refractivity contribution is -0.385. The molecular weight excluding hydrogens is 312 g/mol. The molecule has 24 heavy (non-hydrogen) atoms. The molecule has 0 saturated carbocycles. The molecule has 9 nitrogen and oxygen atoms in total. The highest BCUT2D eigenvalue weighted by molar-refractivity contribution is 5.80. The Morgan fingerprint density at radius 1 is 1.29 bits per heavy atom. The average molecular weight is 334 g/mol.